The minimum Gasteiger partial charge on any atom is -0.399 e. The van der Waals surface area contributed by atoms with Crippen molar-refractivity contribution in [3.63, 3.8) is 0 Å². The molecule has 0 radical (unpaired) electrons. The maximum Gasteiger partial charge on any atom is 0.0372 e. The van der Waals surface area contributed by atoms with E-state index in [1.165, 1.54) is 22.4 Å². The van der Waals surface area contributed by atoms with Crippen molar-refractivity contribution < 1.29 is 0 Å². The van der Waals surface area contributed by atoms with Gasteiger partial charge in [-0.05, 0) is 54.7 Å². The second-order valence-corrected chi connectivity index (χ2v) is 4.79. The van der Waals surface area contributed by atoms with Crippen LogP contribution in [0.1, 0.15) is 30.5 Å². The molecule has 2 nitrogen and oxygen atoms in total. The smallest absolute Gasteiger partial charge is 0.0372 e. The lowest BCUT2D eigenvalue weighted by molar-refractivity contribution is 1.09. The molecule has 0 unspecified atom stereocenters. The quantitative estimate of drug-likeness (QED) is 0.795. The Bertz CT molecular complexity index is 529. The average molecular weight is 254 g/mol. The monoisotopic (exact) mass is 254 g/mol. The molecule has 0 aliphatic carbocycles. The summed E-state index contributed by atoms with van der Waals surface area (Å²) in [4.78, 5) is 0. The molecule has 3 N–H and O–H groups in total. The highest BCUT2D eigenvalue weighted by molar-refractivity contribution is 5.53. The van der Waals surface area contributed by atoms with Gasteiger partial charge in [0.2, 0.25) is 0 Å². The maximum atomic E-state index is 5.71. The third-order valence-corrected chi connectivity index (χ3v) is 3.31. The van der Waals surface area contributed by atoms with Crippen LogP contribution in [0.25, 0.3) is 0 Å². The molecule has 19 heavy (non-hydrogen) atoms. The van der Waals surface area contributed by atoms with Gasteiger partial charge in [-0.15, -0.1) is 0 Å². The fourth-order valence-corrected chi connectivity index (χ4v) is 2.28. The largest absolute Gasteiger partial charge is 0.399 e. The summed E-state index contributed by atoms with van der Waals surface area (Å²) >= 11 is 0. The van der Waals surface area contributed by atoms with E-state index >= 15 is 0 Å². The fourth-order valence-electron chi connectivity index (χ4n) is 2.28. The molecule has 2 aromatic rings. The molecule has 0 aromatic heterocycles. The third kappa shape index (κ3) is 3.50. The van der Waals surface area contributed by atoms with Crippen molar-refractivity contribution in [3.8, 4) is 0 Å². The first-order chi connectivity index (χ1) is 9.22. The molecule has 0 saturated carbocycles. The third-order valence-electron chi connectivity index (χ3n) is 3.31. The van der Waals surface area contributed by atoms with Crippen molar-refractivity contribution in [2.24, 2.45) is 0 Å². The van der Waals surface area contributed by atoms with E-state index in [-0.39, 0.29) is 0 Å². The minimum absolute atomic E-state index is 0.820. The maximum absolute atomic E-state index is 5.71. The molecule has 0 aliphatic heterocycles. The second kappa shape index (κ2) is 6.28. The van der Waals surface area contributed by atoms with Crippen molar-refractivity contribution in [1.82, 2.24) is 0 Å². The normalized spacial score (nSPS) is 10.4. The molecular weight excluding hydrogens is 232 g/mol. The SMILES string of the molecule is CCNc1ccc(Cc2ccc(N)cc2)cc1CC. The zero-order valence-corrected chi connectivity index (χ0v) is 11.7. The summed E-state index contributed by atoms with van der Waals surface area (Å²) in [7, 11) is 0. The van der Waals surface area contributed by atoms with Crippen LogP contribution in [0, 0.1) is 0 Å². The van der Waals surface area contributed by atoms with Crippen LogP contribution in [0.15, 0.2) is 42.5 Å². The molecule has 2 heteroatoms. The second-order valence-electron chi connectivity index (χ2n) is 4.79. The van der Waals surface area contributed by atoms with Crippen LogP contribution >= 0.6 is 0 Å². The molecule has 0 aliphatic rings. The summed E-state index contributed by atoms with van der Waals surface area (Å²) in [6.45, 7) is 5.29. The van der Waals surface area contributed by atoms with Crippen molar-refractivity contribution in [2.75, 3.05) is 17.6 Å². The Morgan fingerprint density at radius 1 is 0.947 bits per heavy atom. The van der Waals surface area contributed by atoms with Gasteiger partial charge in [-0.2, -0.15) is 0 Å². The van der Waals surface area contributed by atoms with Gasteiger partial charge in [0.15, 0.2) is 0 Å². The number of benzene rings is 2. The van der Waals surface area contributed by atoms with Gasteiger partial charge in [0.1, 0.15) is 0 Å². The average Bonchev–Trinajstić information content (AvgIpc) is 2.43. The number of nitrogens with one attached hydrogen (secondary N) is 1. The van der Waals surface area contributed by atoms with Crippen molar-refractivity contribution in [3.05, 3.63) is 59.2 Å². The van der Waals surface area contributed by atoms with Gasteiger partial charge in [-0.3, -0.25) is 0 Å². The van der Waals surface area contributed by atoms with Crippen molar-refractivity contribution in [1.29, 1.82) is 0 Å². The molecule has 0 bridgehead atoms. The van der Waals surface area contributed by atoms with Gasteiger partial charge in [0.25, 0.3) is 0 Å². The molecule has 100 valence electrons. The lowest BCUT2D eigenvalue weighted by atomic mass is 10.0. The van der Waals surface area contributed by atoms with Gasteiger partial charge in [-0.25, -0.2) is 0 Å². The number of hydrogen-bond donors (Lipinski definition) is 2. The van der Waals surface area contributed by atoms with Crippen LogP contribution in [0.3, 0.4) is 0 Å². The van der Waals surface area contributed by atoms with Crippen LogP contribution in [0.2, 0.25) is 0 Å². The zero-order chi connectivity index (χ0) is 13.7. The molecule has 0 atom stereocenters. The Labute approximate surface area is 115 Å². The molecule has 0 amide bonds. The molecule has 0 heterocycles. The lowest BCUT2D eigenvalue weighted by Gasteiger charge is -2.11. The van der Waals surface area contributed by atoms with E-state index in [1.807, 2.05) is 12.1 Å². The zero-order valence-electron chi connectivity index (χ0n) is 11.7. The summed E-state index contributed by atoms with van der Waals surface area (Å²) in [5.41, 5.74) is 11.8. The highest BCUT2D eigenvalue weighted by Crippen LogP contribution is 2.20. The number of nitrogen functional groups attached to an aromatic ring is 1. The standard InChI is InChI=1S/C17H22N2/c1-3-15-12-14(7-10-17(15)19-4-2)11-13-5-8-16(18)9-6-13/h5-10,12,19H,3-4,11,18H2,1-2H3. The molecule has 0 spiro atoms. The first-order valence-electron chi connectivity index (χ1n) is 6.93. The minimum atomic E-state index is 0.820. The first-order valence-corrected chi connectivity index (χ1v) is 6.93. The van der Waals surface area contributed by atoms with E-state index in [0.717, 1.165) is 25.1 Å². The summed E-state index contributed by atoms with van der Waals surface area (Å²) in [6, 6.07) is 14.8. The Morgan fingerprint density at radius 3 is 2.26 bits per heavy atom. The summed E-state index contributed by atoms with van der Waals surface area (Å²) in [5, 5.41) is 3.41. The van der Waals surface area contributed by atoms with E-state index in [9.17, 15) is 0 Å². The Hall–Kier alpha value is -1.96. The lowest BCUT2D eigenvalue weighted by Crippen LogP contribution is -2.01. The van der Waals surface area contributed by atoms with Gasteiger partial charge < -0.3 is 11.1 Å². The molecule has 2 aromatic carbocycles. The highest BCUT2D eigenvalue weighted by Gasteiger charge is 2.03. The molecule has 2 rings (SSSR count). The van der Waals surface area contributed by atoms with Crippen LogP contribution in [0.4, 0.5) is 11.4 Å². The number of rotatable bonds is 5. The van der Waals surface area contributed by atoms with E-state index in [1.54, 1.807) is 0 Å². The van der Waals surface area contributed by atoms with Crippen LogP contribution in [0.5, 0.6) is 0 Å². The van der Waals surface area contributed by atoms with Crippen LogP contribution < -0.4 is 11.1 Å². The van der Waals surface area contributed by atoms with Crippen LogP contribution in [-0.4, -0.2) is 6.54 Å². The van der Waals surface area contributed by atoms with Gasteiger partial charge in [0.05, 0.1) is 0 Å². The fraction of sp³-hybridized carbons (Fsp3) is 0.294. The Balaban J connectivity index is 2.18. The number of hydrogen-bond acceptors (Lipinski definition) is 2. The Morgan fingerprint density at radius 2 is 1.63 bits per heavy atom. The number of anilines is 2. The predicted molar refractivity (Wildman–Crippen MR) is 83.6 cm³/mol. The Kier molecular flexibility index (Phi) is 4.45. The highest BCUT2D eigenvalue weighted by atomic mass is 14.9. The van der Waals surface area contributed by atoms with Gasteiger partial charge in [-0.1, -0.05) is 31.2 Å². The number of aryl methyl sites for hydroxylation is 1. The van der Waals surface area contributed by atoms with Crippen molar-refractivity contribution in [2.45, 2.75) is 26.7 Å². The van der Waals surface area contributed by atoms with Gasteiger partial charge >= 0.3 is 0 Å². The predicted octanol–water partition coefficient (Wildman–Crippen LogP) is 3.85. The van der Waals surface area contributed by atoms with E-state index in [4.69, 9.17) is 5.73 Å². The van der Waals surface area contributed by atoms with Gasteiger partial charge in [0, 0.05) is 17.9 Å². The summed E-state index contributed by atoms with van der Waals surface area (Å²) < 4.78 is 0. The first kappa shape index (κ1) is 13.5. The molecular formula is C17H22N2. The van der Waals surface area contributed by atoms with E-state index < -0.39 is 0 Å². The molecule has 0 saturated heterocycles. The van der Waals surface area contributed by atoms with Crippen molar-refractivity contribution >= 4 is 11.4 Å². The topological polar surface area (TPSA) is 38.0 Å². The van der Waals surface area contributed by atoms with E-state index in [2.05, 4.69) is 49.5 Å². The summed E-state index contributed by atoms with van der Waals surface area (Å²) in [6.07, 6.45) is 2.01. The number of nitrogens with two attached hydrogens (primary N) is 1. The van der Waals surface area contributed by atoms with Crippen LogP contribution in [-0.2, 0) is 12.8 Å². The van der Waals surface area contributed by atoms with E-state index in [0.29, 0.717) is 0 Å². The summed E-state index contributed by atoms with van der Waals surface area (Å²) in [5.74, 6) is 0. The molecule has 0 fully saturated rings.